The van der Waals surface area contributed by atoms with Crippen molar-refractivity contribution in [3.05, 3.63) is 76.3 Å². The maximum Gasteiger partial charge on any atom is 0.204 e. The number of phenols is 1. The van der Waals surface area contributed by atoms with Crippen molar-refractivity contribution in [1.29, 1.82) is 0 Å². The van der Waals surface area contributed by atoms with Crippen LogP contribution in [0.3, 0.4) is 0 Å². The maximum atomic E-state index is 14.4. The minimum Gasteiger partial charge on any atom is -0.507 e. The molecule has 8 heteroatoms. The van der Waals surface area contributed by atoms with Crippen LogP contribution < -0.4 is 18.9 Å². The summed E-state index contributed by atoms with van der Waals surface area (Å²) in [6.07, 6.45) is 1.41. The first kappa shape index (κ1) is 32.6. The highest BCUT2D eigenvalue weighted by Gasteiger charge is 2.33. The highest BCUT2D eigenvalue weighted by molar-refractivity contribution is 6.92. The number of benzene rings is 3. The van der Waals surface area contributed by atoms with Gasteiger partial charge in [0.25, 0.3) is 0 Å². The Morgan fingerprint density at radius 2 is 1.10 bits per heavy atom. The molecule has 3 rings (SSSR count). The summed E-state index contributed by atoms with van der Waals surface area (Å²) in [5.74, 6) is -0.104. The third kappa shape index (κ3) is 6.95. The van der Waals surface area contributed by atoms with Gasteiger partial charge in [-0.3, -0.25) is 9.59 Å². The number of aromatic hydroxyl groups is 1. The fourth-order valence-corrected chi connectivity index (χ4v) is 5.19. The average molecular weight is 569 g/mol. The fourth-order valence-electron chi connectivity index (χ4n) is 5.19. The molecule has 0 amide bonds. The number of methoxy groups -OCH3 is 4. The van der Waals surface area contributed by atoms with Crippen LogP contribution in [0.25, 0.3) is 0 Å². The van der Waals surface area contributed by atoms with Crippen molar-refractivity contribution >= 4 is 21.5 Å². The summed E-state index contributed by atoms with van der Waals surface area (Å²) in [7, 11) is 5.82. The first-order chi connectivity index (χ1) is 18.5. The highest BCUT2D eigenvalue weighted by atomic mass is 31.0. The lowest BCUT2D eigenvalue weighted by Gasteiger charge is -2.25. The number of ether oxygens (including phenoxy) is 4. The van der Waals surface area contributed by atoms with E-state index in [9.17, 15) is 14.7 Å². The predicted molar refractivity (Wildman–Crippen MR) is 162 cm³/mol. The Kier molecular flexibility index (Phi) is 11.2. The van der Waals surface area contributed by atoms with Crippen molar-refractivity contribution in [3.8, 4) is 28.7 Å². The van der Waals surface area contributed by atoms with Gasteiger partial charge in [0.1, 0.15) is 39.9 Å². The van der Waals surface area contributed by atoms with Gasteiger partial charge in [0.15, 0.2) is 0 Å². The second kappa shape index (κ2) is 13.7. The number of carbonyl (C=O) groups is 2. The van der Waals surface area contributed by atoms with Gasteiger partial charge in [0.05, 0.1) is 34.0 Å². The smallest absolute Gasteiger partial charge is 0.204 e. The number of ketones is 2. The zero-order chi connectivity index (χ0) is 28.9. The minimum atomic E-state index is -0.593. The highest BCUT2D eigenvalue weighted by Crippen LogP contribution is 2.39. The standard InChI is InChI=1S/C32H38O7.H3P/c1-19(18-32(2,3)4)17-20-15-16-21(33)27(31(35)29-24(38-7)13-10-14-25(29)39-8)26(20)30(34)28-22(36-5)11-9-12-23(28)37-6;/h9-16,19,33H,17-18H2,1-8H3;1H3. The Bertz CT molecular complexity index is 1310. The Morgan fingerprint density at radius 3 is 1.48 bits per heavy atom. The summed E-state index contributed by atoms with van der Waals surface area (Å²) in [5.41, 5.74) is 0.945. The summed E-state index contributed by atoms with van der Waals surface area (Å²) in [6, 6.07) is 13.2. The SMILES string of the molecule is COc1cccc(OC)c1C(=O)c1c(O)ccc(CC(C)CC(C)(C)C)c1C(=O)c1c(OC)cccc1OC.P. The van der Waals surface area contributed by atoms with E-state index in [0.29, 0.717) is 23.5 Å². The molecular formula is C32H41O7P. The van der Waals surface area contributed by atoms with Gasteiger partial charge >= 0.3 is 0 Å². The van der Waals surface area contributed by atoms with E-state index in [2.05, 4.69) is 27.7 Å². The zero-order valence-corrected chi connectivity index (χ0v) is 26.1. The fraction of sp³-hybridized carbons (Fsp3) is 0.375. The van der Waals surface area contributed by atoms with E-state index in [0.717, 1.165) is 6.42 Å². The molecule has 0 heterocycles. The van der Waals surface area contributed by atoms with Crippen LogP contribution in [-0.2, 0) is 6.42 Å². The Labute approximate surface area is 240 Å². The molecule has 3 aromatic carbocycles. The molecule has 40 heavy (non-hydrogen) atoms. The van der Waals surface area contributed by atoms with E-state index < -0.39 is 11.6 Å². The second-order valence-corrected chi connectivity index (χ2v) is 10.8. The molecule has 7 nitrogen and oxygen atoms in total. The van der Waals surface area contributed by atoms with Crippen LogP contribution in [0.4, 0.5) is 0 Å². The van der Waals surface area contributed by atoms with Gasteiger partial charge in [0.2, 0.25) is 11.6 Å². The molecule has 2 unspecified atom stereocenters. The van der Waals surface area contributed by atoms with Gasteiger partial charge in [-0.15, -0.1) is 0 Å². The lowest BCUT2D eigenvalue weighted by molar-refractivity contribution is 0.0993. The first-order valence-electron chi connectivity index (χ1n) is 12.8. The quantitative estimate of drug-likeness (QED) is 0.207. The van der Waals surface area contributed by atoms with E-state index in [1.807, 2.05) is 0 Å². The molecule has 2 atom stereocenters. The Hall–Kier alpha value is -3.57. The summed E-state index contributed by atoms with van der Waals surface area (Å²) in [5, 5.41) is 11.1. The normalized spacial score (nSPS) is 11.7. The van der Waals surface area contributed by atoms with E-state index in [4.69, 9.17) is 18.9 Å². The largest absolute Gasteiger partial charge is 0.507 e. The van der Waals surface area contributed by atoms with Crippen LogP contribution >= 0.6 is 9.90 Å². The van der Waals surface area contributed by atoms with Crippen LogP contribution in [0.1, 0.15) is 71.5 Å². The summed E-state index contributed by atoms with van der Waals surface area (Å²) in [4.78, 5) is 28.6. The summed E-state index contributed by atoms with van der Waals surface area (Å²) in [6.45, 7) is 8.60. The first-order valence-corrected chi connectivity index (χ1v) is 12.8. The van der Waals surface area contributed by atoms with Crippen molar-refractivity contribution < 1.29 is 33.6 Å². The van der Waals surface area contributed by atoms with Crippen molar-refractivity contribution in [2.45, 2.75) is 40.5 Å². The lowest BCUT2D eigenvalue weighted by atomic mass is 9.80. The molecule has 0 saturated heterocycles. The summed E-state index contributed by atoms with van der Waals surface area (Å²) < 4.78 is 22.0. The van der Waals surface area contributed by atoms with Gasteiger partial charge in [-0.25, -0.2) is 0 Å². The number of carbonyl (C=O) groups excluding carboxylic acids is 2. The molecule has 0 bridgehead atoms. The molecule has 0 saturated carbocycles. The Morgan fingerprint density at radius 1 is 0.700 bits per heavy atom. The van der Waals surface area contributed by atoms with E-state index in [1.54, 1.807) is 42.5 Å². The number of phenolic OH excluding ortho intramolecular Hbond substituents is 1. The molecule has 0 aliphatic carbocycles. The molecule has 0 radical (unpaired) electrons. The monoisotopic (exact) mass is 568 g/mol. The molecule has 0 aliphatic heterocycles. The van der Waals surface area contributed by atoms with Crippen molar-refractivity contribution in [1.82, 2.24) is 0 Å². The topological polar surface area (TPSA) is 91.3 Å². The van der Waals surface area contributed by atoms with E-state index in [-0.39, 0.29) is 60.7 Å². The molecule has 3 aromatic rings. The van der Waals surface area contributed by atoms with Gasteiger partial charge in [0, 0.05) is 5.56 Å². The third-order valence-electron chi connectivity index (χ3n) is 6.56. The summed E-state index contributed by atoms with van der Waals surface area (Å²) >= 11 is 0. The van der Waals surface area contributed by atoms with Crippen molar-refractivity contribution in [3.63, 3.8) is 0 Å². The van der Waals surface area contributed by atoms with Crippen LogP contribution in [0.15, 0.2) is 48.5 Å². The minimum absolute atomic E-state index is 0. The second-order valence-electron chi connectivity index (χ2n) is 10.8. The number of hydrogen-bond donors (Lipinski definition) is 1. The van der Waals surface area contributed by atoms with E-state index in [1.165, 1.54) is 34.5 Å². The third-order valence-corrected chi connectivity index (χ3v) is 6.56. The molecule has 1 N–H and O–H groups in total. The van der Waals surface area contributed by atoms with Crippen LogP contribution in [0.2, 0.25) is 0 Å². The zero-order valence-electron chi connectivity index (χ0n) is 24.7. The van der Waals surface area contributed by atoms with Gasteiger partial charge in [-0.1, -0.05) is 45.9 Å². The molecule has 0 aromatic heterocycles. The van der Waals surface area contributed by atoms with Crippen molar-refractivity contribution in [2.75, 3.05) is 28.4 Å². The van der Waals surface area contributed by atoms with Crippen LogP contribution in [0, 0.1) is 11.3 Å². The van der Waals surface area contributed by atoms with Crippen LogP contribution in [0.5, 0.6) is 28.7 Å². The molecule has 0 spiro atoms. The average Bonchev–Trinajstić information content (AvgIpc) is 2.90. The molecule has 216 valence electrons. The lowest BCUT2D eigenvalue weighted by Crippen LogP contribution is -2.19. The van der Waals surface area contributed by atoms with Gasteiger partial charge in [-0.05, 0) is 60.1 Å². The number of rotatable bonds is 11. The van der Waals surface area contributed by atoms with E-state index >= 15 is 0 Å². The molecule has 0 aliphatic rings. The van der Waals surface area contributed by atoms with Crippen molar-refractivity contribution in [2.24, 2.45) is 11.3 Å². The Balaban J connectivity index is 0.00000560. The maximum absolute atomic E-state index is 14.4. The predicted octanol–water partition coefficient (Wildman–Crippen LogP) is 6.56. The van der Waals surface area contributed by atoms with Gasteiger partial charge < -0.3 is 24.1 Å². The van der Waals surface area contributed by atoms with Gasteiger partial charge in [-0.2, -0.15) is 9.90 Å². The number of hydrogen-bond acceptors (Lipinski definition) is 7. The van der Waals surface area contributed by atoms with Crippen LogP contribution in [-0.4, -0.2) is 45.1 Å². The molecule has 0 fully saturated rings. The molecular weight excluding hydrogens is 527 g/mol.